The minimum Gasteiger partial charge on any atom is -0.346 e. The lowest BCUT2D eigenvalue weighted by Gasteiger charge is -2.30. The fraction of sp³-hybridized carbons (Fsp3) is 0.353. The number of benzene rings is 1. The van der Waals surface area contributed by atoms with E-state index in [2.05, 4.69) is 22.7 Å². The second-order valence-corrected chi connectivity index (χ2v) is 5.77. The van der Waals surface area contributed by atoms with E-state index in [1.54, 1.807) is 12.1 Å². The summed E-state index contributed by atoms with van der Waals surface area (Å²) in [6.07, 6.45) is 1.98. The summed E-state index contributed by atoms with van der Waals surface area (Å²) in [4.78, 5) is 24.4. The van der Waals surface area contributed by atoms with Gasteiger partial charge in [0.2, 0.25) is 0 Å². The first-order chi connectivity index (χ1) is 11.1. The van der Waals surface area contributed by atoms with Gasteiger partial charge in [-0.3, -0.25) is 9.59 Å². The Hall–Kier alpha value is -2.18. The largest absolute Gasteiger partial charge is 0.346 e. The van der Waals surface area contributed by atoms with Gasteiger partial charge >= 0.3 is 0 Å². The number of carbonyl (C=O) groups is 1. The monoisotopic (exact) mass is 348 g/mol. The third kappa shape index (κ3) is 4.01. The molecule has 3 rings (SSSR count). The minimum atomic E-state index is -0.263. The van der Waals surface area contributed by atoms with Crippen LogP contribution in [0.1, 0.15) is 30.3 Å². The molecule has 0 spiro atoms. The van der Waals surface area contributed by atoms with Crippen LogP contribution in [0.3, 0.4) is 0 Å². The number of halogens is 1. The second kappa shape index (κ2) is 8.08. The van der Waals surface area contributed by atoms with E-state index in [0.717, 1.165) is 19.4 Å². The molecule has 1 aliphatic heterocycles. The number of para-hydroxylation sites is 1. The molecule has 24 heavy (non-hydrogen) atoms. The highest BCUT2D eigenvalue weighted by Gasteiger charge is 2.23. The van der Waals surface area contributed by atoms with E-state index in [-0.39, 0.29) is 41.7 Å². The molecule has 1 aromatic heterocycles. The Kier molecular flexibility index (Phi) is 6.11. The van der Waals surface area contributed by atoms with Crippen LogP contribution in [0.5, 0.6) is 0 Å². The number of piperidine rings is 1. The van der Waals surface area contributed by atoms with Gasteiger partial charge in [-0.2, -0.15) is 9.78 Å². The van der Waals surface area contributed by atoms with E-state index in [1.807, 2.05) is 18.2 Å². The summed E-state index contributed by atoms with van der Waals surface area (Å²) < 4.78 is 1.25. The average Bonchev–Trinajstić information content (AvgIpc) is 2.58. The van der Waals surface area contributed by atoms with Gasteiger partial charge in [-0.05, 0) is 44.5 Å². The van der Waals surface area contributed by atoms with Gasteiger partial charge in [-0.15, -0.1) is 12.4 Å². The molecule has 2 unspecified atom stereocenters. The summed E-state index contributed by atoms with van der Waals surface area (Å²) in [7, 11) is 0. The normalized spacial score (nSPS) is 20.0. The van der Waals surface area contributed by atoms with Crippen LogP contribution in [0.2, 0.25) is 0 Å². The van der Waals surface area contributed by atoms with Crippen LogP contribution in [0.4, 0.5) is 0 Å². The smallest absolute Gasteiger partial charge is 0.272 e. The zero-order valence-corrected chi connectivity index (χ0v) is 14.3. The molecule has 2 atom stereocenters. The lowest BCUT2D eigenvalue weighted by atomic mass is 10.00. The van der Waals surface area contributed by atoms with Gasteiger partial charge in [0.1, 0.15) is 5.69 Å². The molecule has 0 radical (unpaired) electrons. The Morgan fingerprint density at radius 2 is 2.00 bits per heavy atom. The molecule has 1 amide bonds. The Bertz CT molecular complexity index is 748. The minimum absolute atomic E-state index is 0. The van der Waals surface area contributed by atoms with E-state index in [9.17, 15) is 9.59 Å². The van der Waals surface area contributed by atoms with E-state index < -0.39 is 0 Å². The molecule has 1 aromatic carbocycles. The molecule has 2 N–H and O–H groups in total. The van der Waals surface area contributed by atoms with Crippen molar-refractivity contribution in [1.29, 1.82) is 0 Å². The zero-order valence-electron chi connectivity index (χ0n) is 13.4. The Morgan fingerprint density at radius 1 is 1.25 bits per heavy atom. The van der Waals surface area contributed by atoms with Crippen molar-refractivity contribution in [3.8, 4) is 5.69 Å². The van der Waals surface area contributed by atoms with Crippen molar-refractivity contribution in [3.05, 3.63) is 58.5 Å². The van der Waals surface area contributed by atoms with Crippen molar-refractivity contribution in [2.24, 2.45) is 0 Å². The third-order valence-corrected chi connectivity index (χ3v) is 4.11. The predicted molar refractivity (Wildman–Crippen MR) is 95.0 cm³/mol. The molecule has 1 fully saturated rings. The van der Waals surface area contributed by atoms with E-state index >= 15 is 0 Å². The van der Waals surface area contributed by atoms with Crippen molar-refractivity contribution < 1.29 is 4.79 Å². The summed E-state index contributed by atoms with van der Waals surface area (Å²) in [6, 6.07) is 12.2. The first kappa shape index (κ1) is 18.2. The summed E-state index contributed by atoms with van der Waals surface area (Å²) in [5.74, 6) is -0.254. The number of carbonyl (C=O) groups excluding carboxylic acids is 1. The van der Waals surface area contributed by atoms with Gasteiger partial charge in [0.25, 0.3) is 11.5 Å². The number of hydrogen-bond acceptors (Lipinski definition) is 4. The number of aromatic nitrogens is 2. The maximum atomic E-state index is 12.4. The topological polar surface area (TPSA) is 76.0 Å². The SMILES string of the molecule is CC1NCCCC1NC(=O)c1ccc(=O)n(-c2ccccc2)n1.Cl. The van der Waals surface area contributed by atoms with E-state index in [4.69, 9.17) is 0 Å². The van der Waals surface area contributed by atoms with Crippen LogP contribution in [-0.4, -0.2) is 34.3 Å². The third-order valence-electron chi connectivity index (χ3n) is 4.11. The van der Waals surface area contributed by atoms with Crippen LogP contribution in [0, 0.1) is 0 Å². The maximum Gasteiger partial charge on any atom is 0.272 e. The summed E-state index contributed by atoms with van der Waals surface area (Å²) in [5, 5.41) is 10.6. The van der Waals surface area contributed by atoms with E-state index in [0.29, 0.717) is 5.69 Å². The van der Waals surface area contributed by atoms with E-state index in [1.165, 1.54) is 16.8 Å². The first-order valence-electron chi connectivity index (χ1n) is 7.85. The van der Waals surface area contributed by atoms with Crippen molar-refractivity contribution in [2.45, 2.75) is 31.8 Å². The predicted octanol–water partition coefficient (Wildman–Crippen LogP) is 1.52. The van der Waals surface area contributed by atoms with Gasteiger partial charge < -0.3 is 10.6 Å². The number of rotatable bonds is 3. The van der Waals surface area contributed by atoms with Gasteiger partial charge in [-0.25, -0.2) is 0 Å². The van der Waals surface area contributed by atoms with Crippen LogP contribution in [0.15, 0.2) is 47.3 Å². The number of nitrogens with zero attached hydrogens (tertiary/aromatic N) is 2. The standard InChI is InChI=1S/C17H20N4O2.ClH/c1-12-14(8-5-11-18-12)19-17(23)15-9-10-16(22)21(20-15)13-6-3-2-4-7-13;/h2-4,6-7,9-10,12,14,18H,5,8,11H2,1H3,(H,19,23);1H. The molecule has 2 heterocycles. The molecule has 7 heteroatoms. The molecule has 1 aliphatic rings. The summed E-state index contributed by atoms with van der Waals surface area (Å²) >= 11 is 0. The van der Waals surface area contributed by atoms with Crippen molar-refractivity contribution >= 4 is 18.3 Å². The van der Waals surface area contributed by atoms with Crippen LogP contribution < -0.4 is 16.2 Å². The number of amides is 1. The molecule has 1 saturated heterocycles. The molecule has 0 saturated carbocycles. The molecule has 6 nitrogen and oxygen atoms in total. The molecule has 0 aliphatic carbocycles. The molecule has 128 valence electrons. The Balaban J connectivity index is 0.00000208. The molecular weight excluding hydrogens is 328 g/mol. The Morgan fingerprint density at radius 3 is 2.71 bits per heavy atom. The maximum absolute atomic E-state index is 12.4. The van der Waals surface area contributed by atoms with Gasteiger partial charge in [0.05, 0.1) is 5.69 Å². The van der Waals surface area contributed by atoms with Crippen LogP contribution in [-0.2, 0) is 0 Å². The lowest BCUT2D eigenvalue weighted by Crippen LogP contribution is -2.52. The molecule has 0 bridgehead atoms. The fourth-order valence-corrected chi connectivity index (χ4v) is 2.77. The van der Waals surface area contributed by atoms with Crippen LogP contribution in [0.25, 0.3) is 5.69 Å². The summed E-state index contributed by atoms with van der Waals surface area (Å²) in [5.41, 5.74) is 0.617. The summed E-state index contributed by atoms with van der Waals surface area (Å²) in [6.45, 7) is 3.03. The van der Waals surface area contributed by atoms with Crippen LogP contribution >= 0.6 is 12.4 Å². The highest BCUT2D eigenvalue weighted by Crippen LogP contribution is 2.09. The van der Waals surface area contributed by atoms with Gasteiger partial charge in [0.15, 0.2) is 0 Å². The number of hydrogen-bond donors (Lipinski definition) is 2. The number of nitrogens with one attached hydrogen (secondary N) is 2. The average molecular weight is 349 g/mol. The van der Waals surface area contributed by atoms with Gasteiger partial charge in [0, 0.05) is 18.2 Å². The van der Waals surface area contributed by atoms with Gasteiger partial charge in [-0.1, -0.05) is 18.2 Å². The van der Waals surface area contributed by atoms with Crippen molar-refractivity contribution in [3.63, 3.8) is 0 Å². The highest BCUT2D eigenvalue weighted by atomic mass is 35.5. The fourth-order valence-electron chi connectivity index (χ4n) is 2.77. The second-order valence-electron chi connectivity index (χ2n) is 5.77. The molecular formula is C17H21ClN4O2. The van der Waals surface area contributed by atoms with Crippen molar-refractivity contribution in [2.75, 3.05) is 6.54 Å². The Labute approximate surface area is 146 Å². The molecule has 2 aromatic rings. The lowest BCUT2D eigenvalue weighted by molar-refractivity contribution is 0.0913. The zero-order chi connectivity index (χ0) is 16.2. The first-order valence-corrected chi connectivity index (χ1v) is 7.85. The quantitative estimate of drug-likeness (QED) is 0.882. The highest BCUT2D eigenvalue weighted by molar-refractivity contribution is 5.92. The van der Waals surface area contributed by atoms with Crippen molar-refractivity contribution in [1.82, 2.24) is 20.4 Å².